The van der Waals surface area contributed by atoms with E-state index in [1.807, 2.05) is 48.7 Å². The lowest BCUT2D eigenvalue weighted by Gasteiger charge is -2.20. The molecule has 2 amide bonds. The van der Waals surface area contributed by atoms with Crippen LogP contribution in [0.15, 0.2) is 66.0 Å². The van der Waals surface area contributed by atoms with Gasteiger partial charge in [-0.2, -0.15) is 0 Å². The maximum Gasteiger partial charge on any atom is 0.268 e. The van der Waals surface area contributed by atoms with Gasteiger partial charge in [-0.15, -0.1) is 11.3 Å². The highest BCUT2D eigenvalue weighted by Crippen LogP contribution is 2.22. The number of amides is 2. The third-order valence-corrected chi connectivity index (χ3v) is 6.09. The molecule has 0 aliphatic rings. The van der Waals surface area contributed by atoms with Crippen LogP contribution in [0.4, 0.5) is 5.69 Å². The van der Waals surface area contributed by atoms with E-state index in [0.29, 0.717) is 22.7 Å². The Morgan fingerprint density at radius 1 is 1.06 bits per heavy atom. The summed E-state index contributed by atoms with van der Waals surface area (Å²) in [6, 6.07) is 18.9. The standard InChI is InChI=1S/C24H24N4O2S/c1-17-26-19-10-4-6-12-21(19)28(17)15-8-14-25-23(29)18-9-3-5-11-20(18)27(2)24(30)22-13-7-16-31-22/h3-7,9-13,16H,8,14-15H2,1-2H3,(H,25,29). The van der Waals surface area contributed by atoms with Gasteiger partial charge < -0.3 is 14.8 Å². The number of rotatable bonds is 7. The average molecular weight is 433 g/mol. The van der Waals surface area contributed by atoms with Crippen molar-refractivity contribution in [3.63, 3.8) is 0 Å². The minimum atomic E-state index is -0.186. The highest BCUT2D eigenvalue weighted by molar-refractivity contribution is 7.12. The number of anilines is 1. The van der Waals surface area contributed by atoms with Crippen molar-refractivity contribution in [3.8, 4) is 0 Å². The summed E-state index contributed by atoms with van der Waals surface area (Å²) in [6.45, 7) is 3.29. The molecule has 0 radical (unpaired) electrons. The van der Waals surface area contributed by atoms with Gasteiger partial charge in [0.25, 0.3) is 11.8 Å². The molecule has 0 unspecified atom stereocenters. The molecule has 0 fully saturated rings. The van der Waals surface area contributed by atoms with E-state index in [4.69, 9.17) is 0 Å². The lowest BCUT2D eigenvalue weighted by molar-refractivity contribution is 0.0953. The number of nitrogens with one attached hydrogen (secondary N) is 1. The molecule has 2 aromatic carbocycles. The van der Waals surface area contributed by atoms with E-state index in [0.717, 1.165) is 29.8 Å². The molecule has 4 aromatic rings. The van der Waals surface area contributed by atoms with E-state index < -0.39 is 0 Å². The van der Waals surface area contributed by atoms with Gasteiger partial charge in [0.15, 0.2) is 0 Å². The van der Waals surface area contributed by atoms with Crippen molar-refractivity contribution < 1.29 is 9.59 Å². The monoisotopic (exact) mass is 432 g/mol. The SMILES string of the molecule is Cc1nc2ccccc2n1CCCNC(=O)c1ccccc1N(C)C(=O)c1cccs1. The molecule has 0 saturated carbocycles. The number of nitrogens with zero attached hydrogens (tertiary/aromatic N) is 3. The zero-order valence-corrected chi connectivity index (χ0v) is 18.4. The van der Waals surface area contributed by atoms with Gasteiger partial charge in [-0.1, -0.05) is 30.3 Å². The highest BCUT2D eigenvalue weighted by atomic mass is 32.1. The number of thiophene rings is 1. The van der Waals surface area contributed by atoms with Gasteiger partial charge >= 0.3 is 0 Å². The Bertz CT molecular complexity index is 1210. The second kappa shape index (κ2) is 9.14. The molecule has 1 N–H and O–H groups in total. The van der Waals surface area contributed by atoms with Gasteiger partial charge in [-0.25, -0.2) is 4.98 Å². The van der Waals surface area contributed by atoms with Gasteiger partial charge in [0.05, 0.1) is 27.2 Å². The molecule has 0 spiro atoms. The van der Waals surface area contributed by atoms with Crippen molar-refractivity contribution in [3.05, 3.63) is 82.3 Å². The number of aromatic nitrogens is 2. The summed E-state index contributed by atoms with van der Waals surface area (Å²) in [5, 5.41) is 4.86. The van der Waals surface area contributed by atoms with Crippen LogP contribution in [0.3, 0.4) is 0 Å². The van der Waals surface area contributed by atoms with Gasteiger partial charge in [-0.05, 0) is 49.1 Å². The fourth-order valence-electron chi connectivity index (χ4n) is 3.65. The van der Waals surface area contributed by atoms with E-state index in [1.54, 1.807) is 25.2 Å². The summed E-state index contributed by atoms with van der Waals surface area (Å²) in [4.78, 5) is 32.3. The second-order valence-electron chi connectivity index (χ2n) is 7.27. The number of fused-ring (bicyclic) bond motifs is 1. The molecule has 158 valence electrons. The maximum atomic E-state index is 12.9. The van der Waals surface area contributed by atoms with Gasteiger partial charge in [-0.3, -0.25) is 9.59 Å². The number of carbonyl (C=O) groups excluding carboxylic acids is 2. The van der Waals surface area contributed by atoms with Crippen molar-refractivity contribution in [2.45, 2.75) is 19.9 Å². The van der Waals surface area contributed by atoms with Gasteiger partial charge in [0.1, 0.15) is 5.82 Å². The van der Waals surface area contributed by atoms with Crippen molar-refractivity contribution in [1.82, 2.24) is 14.9 Å². The van der Waals surface area contributed by atoms with Crippen molar-refractivity contribution in [2.24, 2.45) is 0 Å². The number of para-hydroxylation sites is 3. The first kappa shape index (κ1) is 20.8. The third-order valence-electron chi connectivity index (χ3n) is 5.24. The molecule has 4 rings (SSSR count). The maximum absolute atomic E-state index is 12.9. The highest BCUT2D eigenvalue weighted by Gasteiger charge is 2.20. The molecule has 0 aliphatic carbocycles. The molecule has 0 atom stereocenters. The van der Waals surface area contributed by atoms with Crippen LogP contribution in [0.25, 0.3) is 11.0 Å². The lowest BCUT2D eigenvalue weighted by Crippen LogP contribution is -2.31. The molecule has 31 heavy (non-hydrogen) atoms. The van der Waals surface area contributed by atoms with Crippen LogP contribution in [0.5, 0.6) is 0 Å². The third kappa shape index (κ3) is 4.36. The molecular weight excluding hydrogens is 408 g/mol. The summed E-state index contributed by atoms with van der Waals surface area (Å²) >= 11 is 1.39. The van der Waals surface area contributed by atoms with Crippen LogP contribution in [0.1, 0.15) is 32.3 Å². The first-order valence-corrected chi connectivity index (χ1v) is 11.0. The fourth-order valence-corrected chi connectivity index (χ4v) is 4.34. The summed E-state index contributed by atoms with van der Waals surface area (Å²) in [5.74, 6) is 0.651. The molecular formula is C24H24N4O2S. The van der Waals surface area contributed by atoms with Crippen LogP contribution in [0, 0.1) is 6.92 Å². The molecule has 7 heteroatoms. The average Bonchev–Trinajstić information content (AvgIpc) is 3.43. The predicted molar refractivity (Wildman–Crippen MR) is 125 cm³/mol. The van der Waals surface area contributed by atoms with E-state index in [9.17, 15) is 9.59 Å². The summed E-state index contributed by atoms with van der Waals surface area (Å²) in [5.41, 5.74) is 3.16. The minimum Gasteiger partial charge on any atom is -0.352 e. The smallest absolute Gasteiger partial charge is 0.268 e. The van der Waals surface area contributed by atoms with E-state index in [1.165, 1.54) is 16.2 Å². The predicted octanol–water partition coefficient (Wildman–Crippen LogP) is 4.50. The largest absolute Gasteiger partial charge is 0.352 e. The van der Waals surface area contributed by atoms with E-state index in [2.05, 4.69) is 20.9 Å². The zero-order chi connectivity index (χ0) is 21.8. The van der Waals surface area contributed by atoms with Crippen LogP contribution >= 0.6 is 11.3 Å². The van der Waals surface area contributed by atoms with E-state index in [-0.39, 0.29) is 11.8 Å². The quantitative estimate of drug-likeness (QED) is 0.437. The van der Waals surface area contributed by atoms with Gasteiger partial charge in [0, 0.05) is 20.1 Å². The number of carbonyl (C=O) groups is 2. The molecule has 2 heterocycles. The number of hydrogen-bond acceptors (Lipinski definition) is 4. The number of benzene rings is 2. The van der Waals surface area contributed by atoms with Gasteiger partial charge in [0.2, 0.25) is 0 Å². The Morgan fingerprint density at radius 3 is 2.65 bits per heavy atom. The van der Waals surface area contributed by atoms with Crippen molar-refractivity contribution in [1.29, 1.82) is 0 Å². The molecule has 0 aliphatic heterocycles. The molecule has 6 nitrogen and oxygen atoms in total. The number of imidazole rings is 1. The Balaban J connectivity index is 1.40. The van der Waals surface area contributed by atoms with Crippen molar-refractivity contribution in [2.75, 3.05) is 18.5 Å². The van der Waals surface area contributed by atoms with Crippen LogP contribution < -0.4 is 10.2 Å². The summed E-state index contributed by atoms with van der Waals surface area (Å²) in [7, 11) is 1.70. The van der Waals surface area contributed by atoms with Crippen molar-refractivity contribution >= 4 is 39.9 Å². The topological polar surface area (TPSA) is 67.2 Å². The minimum absolute atomic E-state index is 0.127. The normalized spacial score (nSPS) is 10.9. The number of aryl methyl sites for hydroxylation is 2. The Morgan fingerprint density at radius 2 is 1.84 bits per heavy atom. The lowest BCUT2D eigenvalue weighted by atomic mass is 10.1. The second-order valence-corrected chi connectivity index (χ2v) is 8.22. The van der Waals surface area contributed by atoms with Crippen LogP contribution in [-0.2, 0) is 6.54 Å². The molecule has 0 bridgehead atoms. The Labute approximate surface area is 185 Å². The summed E-state index contributed by atoms with van der Waals surface area (Å²) in [6.07, 6.45) is 0.777. The first-order valence-electron chi connectivity index (χ1n) is 10.2. The Hall–Kier alpha value is -3.45. The van der Waals surface area contributed by atoms with Crippen LogP contribution in [-0.4, -0.2) is 35.0 Å². The first-order chi connectivity index (χ1) is 15.1. The molecule has 0 saturated heterocycles. The fraction of sp³-hybridized carbons (Fsp3) is 0.208. The zero-order valence-electron chi connectivity index (χ0n) is 17.5. The van der Waals surface area contributed by atoms with Crippen LogP contribution in [0.2, 0.25) is 0 Å². The molecule has 2 aromatic heterocycles. The van der Waals surface area contributed by atoms with E-state index >= 15 is 0 Å². The summed E-state index contributed by atoms with van der Waals surface area (Å²) < 4.78 is 2.17. The number of hydrogen-bond donors (Lipinski definition) is 1. The Kier molecular flexibility index (Phi) is 6.13.